The van der Waals surface area contributed by atoms with Crippen LogP contribution in [0.5, 0.6) is 0 Å². The molecule has 0 aliphatic heterocycles. The third kappa shape index (κ3) is 1.76. The normalized spacial score (nSPS) is 12.9. The van der Waals surface area contributed by atoms with E-state index in [4.69, 9.17) is 10.2 Å². The lowest BCUT2D eigenvalue weighted by molar-refractivity contribution is 0.506. The number of nitrogens with zero attached hydrogens (tertiary/aromatic N) is 2. The van der Waals surface area contributed by atoms with Gasteiger partial charge in [0.2, 0.25) is 0 Å². The molecule has 4 heteroatoms. The smallest absolute Gasteiger partial charge is 0.130 e. The van der Waals surface area contributed by atoms with Crippen molar-refractivity contribution >= 4 is 0 Å². The lowest BCUT2D eigenvalue weighted by atomic mass is 10.1. The first-order chi connectivity index (χ1) is 7.77. The first-order valence-corrected chi connectivity index (χ1v) is 5.60. The highest BCUT2D eigenvalue weighted by Crippen LogP contribution is 2.23. The summed E-state index contributed by atoms with van der Waals surface area (Å²) in [7, 11) is 0. The van der Waals surface area contributed by atoms with Crippen molar-refractivity contribution in [3.05, 3.63) is 41.9 Å². The van der Waals surface area contributed by atoms with E-state index in [2.05, 4.69) is 23.4 Å². The molecule has 4 nitrogen and oxygen atoms in total. The molecule has 1 atom stereocenters. The van der Waals surface area contributed by atoms with Crippen molar-refractivity contribution in [1.29, 1.82) is 0 Å². The van der Waals surface area contributed by atoms with E-state index < -0.39 is 0 Å². The Morgan fingerprint density at radius 1 is 1.50 bits per heavy atom. The molecule has 0 aromatic carbocycles. The number of imidazole rings is 1. The Morgan fingerprint density at radius 3 is 3.00 bits per heavy atom. The molecule has 0 saturated carbocycles. The maximum absolute atomic E-state index is 6.21. The van der Waals surface area contributed by atoms with E-state index in [1.165, 1.54) is 0 Å². The van der Waals surface area contributed by atoms with Gasteiger partial charge in [-0.05, 0) is 13.0 Å². The average molecular weight is 219 g/mol. The molecule has 2 aromatic rings. The fourth-order valence-corrected chi connectivity index (χ4v) is 1.92. The van der Waals surface area contributed by atoms with Gasteiger partial charge in [0.15, 0.2) is 0 Å². The fraction of sp³-hybridized carbons (Fsp3) is 0.417. The van der Waals surface area contributed by atoms with Crippen LogP contribution in [0.4, 0.5) is 0 Å². The highest BCUT2D eigenvalue weighted by molar-refractivity contribution is 5.27. The molecule has 0 amide bonds. The third-order valence-electron chi connectivity index (χ3n) is 2.80. The van der Waals surface area contributed by atoms with Crippen LogP contribution in [0, 0.1) is 0 Å². The number of aryl methyl sites for hydroxylation is 2. The molecular weight excluding hydrogens is 202 g/mol. The SMILES string of the molecule is CCc1occc1C(N)c1nccn1CC. The predicted octanol–water partition coefficient (Wildman–Crippen LogP) is 2.11. The molecule has 0 aliphatic rings. The third-order valence-corrected chi connectivity index (χ3v) is 2.80. The number of furan rings is 1. The Bertz CT molecular complexity index is 416. The quantitative estimate of drug-likeness (QED) is 0.856. The van der Waals surface area contributed by atoms with Crippen LogP contribution in [0.3, 0.4) is 0 Å². The molecule has 0 bridgehead atoms. The zero-order valence-corrected chi connectivity index (χ0v) is 9.68. The topological polar surface area (TPSA) is 57.0 Å². The summed E-state index contributed by atoms with van der Waals surface area (Å²) in [6, 6.07) is 1.72. The molecule has 0 fully saturated rings. The number of hydrogen-bond donors (Lipinski definition) is 1. The van der Waals surface area contributed by atoms with Gasteiger partial charge in [0.1, 0.15) is 11.6 Å². The van der Waals surface area contributed by atoms with Gasteiger partial charge in [-0.1, -0.05) is 6.92 Å². The Hall–Kier alpha value is -1.55. The Morgan fingerprint density at radius 2 is 2.31 bits per heavy atom. The number of aromatic nitrogens is 2. The van der Waals surface area contributed by atoms with Crippen LogP contribution < -0.4 is 5.73 Å². The van der Waals surface area contributed by atoms with Crippen molar-refractivity contribution < 1.29 is 4.42 Å². The van der Waals surface area contributed by atoms with E-state index in [1.54, 1.807) is 12.5 Å². The monoisotopic (exact) mass is 219 g/mol. The van der Waals surface area contributed by atoms with Gasteiger partial charge in [-0.25, -0.2) is 4.98 Å². The molecule has 0 radical (unpaired) electrons. The fourth-order valence-electron chi connectivity index (χ4n) is 1.92. The van der Waals surface area contributed by atoms with Gasteiger partial charge in [0.25, 0.3) is 0 Å². The van der Waals surface area contributed by atoms with E-state index in [1.807, 2.05) is 12.3 Å². The average Bonchev–Trinajstić information content (AvgIpc) is 2.96. The molecule has 2 rings (SSSR count). The number of rotatable bonds is 4. The lowest BCUT2D eigenvalue weighted by Crippen LogP contribution is -2.18. The zero-order valence-electron chi connectivity index (χ0n) is 9.68. The molecule has 0 saturated heterocycles. The molecule has 16 heavy (non-hydrogen) atoms. The largest absolute Gasteiger partial charge is 0.469 e. The van der Waals surface area contributed by atoms with Crippen LogP contribution in [-0.4, -0.2) is 9.55 Å². The highest BCUT2D eigenvalue weighted by atomic mass is 16.3. The van der Waals surface area contributed by atoms with Crippen LogP contribution in [-0.2, 0) is 13.0 Å². The Kier molecular flexibility index (Phi) is 3.10. The summed E-state index contributed by atoms with van der Waals surface area (Å²) in [5.41, 5.74) is 7.25. The second kappa shape index (κ2) is 4.53. The maximum atomic E-state index is 6.21. The lowest BCUT2D eigenvalue weighted by Gasteiger charge is -2.12. The highest BCUT2D eigenvalue weighted by Gasteiger charge is 2.18. The van der Waals surface area contributed by atoms with E-state index in [-0.39, 0.29) is 6.04 Å². The summed E-state index contributed by atoms with van der Waals surface area (Å²) in [5.74, 6) is 1.83. The minimum Gasteiger partial charge on any atom is -0.469 e. The summed E-state index contributed by atoms with van der Waals surface area (Å²) in [5, 5.41) is 0. The zero-order chi connectivity index (χ0) is 11.5. The van der Waals surface area contributed by atoms with Crippen molar-refractivity contribution in [3.63, 3.8) is 0 Å². The minimum atomic E-state index is -0.205. The van der Waals surface area contributed by atoms with Crippen LogP contribution in [0.25, 0.3) is 0 Å². The first kappa shape index (κ1) is 11.0. The molecule has 0 spiro atoms. The van der Waals surface area contributed by atoms with Crippen LogP contribution in [0.15, 0.2) is 29.1 Å². The second-order valence-electron chi connectivity index (χ2n) is 3.70. The molecule has 2 aromatic heterocycles. The van der Waals surface area contributed by atoms with Gasteiger partial charge in [-0.3, -0.25) is 0 Å². The number of hydrogen-bond acceptors (Lipinski definition) is 3. The van der Waals surface area contributed by atoms with Crippen molar-refractivity contribution in [2.24, 2.45) is 5.73 Å². The van der Waals surface area contributed by atoms with E-state index >= 15 is 0 Å². The molecule has 86 valence electrons. The van der Waals surface area contributed by atoms with Gasteiger partial charge in [-0.2, -0.15) is 0 Å². The van der Waals surface area contributed by atoms with E-state index in [0.29, 0.717) is 0 Å². The van der Waals surface area contributed by atoms with Gasteiger partial charge in [0, 0.05) is 30.9 Å². The Balaban J connectivity index is 2.35. The van der Waals surface area contributed by atoms with Crippen LogP contribution in [0.1, 0.15) is 37.0 Å². The maximum Gasteiger partial charge on any atom is 0.130 e. The van der Waals surface area contributed by atoms with Crippen LogP contribution in [0.2, 0.25) is 0 Å². The molecule has 2 N–H and O–H groups in total. The summed E-state index contributed by atoms with van der Waals surface area (Å²) in [6.07, 6.45) is 6.27. The van der Waals surface area contributed by atoms with Crippen molar-refractivity contribution in [2.45, 2.75) is 32.9 Å². The molecule has 1 unspecified atom stereocenters. The van der Waals surface area contributed by atoms with Gasteiger partial charge in [0.05, 0.1) is 12.3 Å². The summed E-state index contributed by atoms with van der Waals surface area (Å²) < 4.78 is 7.44. The van der Waals surface area contributed by atoms with Crippen molar-refractivity contribution in [3.8, 4) is 0 Å². The molecular formula is C12H17N3O. The van der Waals surface area contributed by atoms with E-state index in [9.17, 15) is 0 Å². The van der Waals surface area contributed by atoms with Gasteiger partial charge >= 0.3 is 0 Å². The second-order valence-corrected chi connectivity index (χ2v) is 3.70. The van der Waals surface area contributed by atoms with Crippen molar-refractivity contribution in [1.82, 2.24) is 9.55 Å². The summed E-state index contributed by atoms with van der Waals surface area (Å²) in [4.78, 5) is 4.31. The van der Waals surface area contributed by atoms with Gasteiger partial charge in [-0.15, -0.1) is 0 Å². The minimum absolute atomic E-state index is 0.205. The Labute approximate surface area is 95.1 Å². The number of nitrogens with two attached hydrogens (primary N) is 1. The van der Waals surface area contributed by atoms with E-state index in [0.717, 1.165) is 30.1 Å². The van der Waals surface area contributed by atoms with Crippen LogP contribution >= 0.6 is 0 Å². The molecule has 2 heterocycles. The first-order valence-electron chi connectivity index (χ1n) is 5.60. The van der Waals surface area contributed by atoms with Crippen molar-refractivity contribution in [2.75, 3.05) is 0 Å². The summed E-state index contributed by atoms with van der Waals surface area (Å²) >= 11 is 0. The molecule has 0 aliphatic carbocycles. The van der Waals surface area contributed by atoms with Gasteiger partial charge < -0.3 is 14.7 Å². The standard InChI is InChI=1S/C12H17N3O/c1-3-10-9(5-8-16-10)11(13)12-14-6-7-15(12)4-2/h5-8,11H,3-4,13H2,1-2H3. The summed E-state index contributed by atoms with van der Waals surface area (Å²) in [6.45, 7) is 5.01. The predicted molar refractivity (Wildman–Crippen MR) is 62.0 cm³/mol.